The molecule has 0 radical (unpaired) electrons. The number of hydrogen-bond donors (Lipinski definition) is 1. The van der Waals surface area contributed by atoms with E-state index in [4.69, 9.17) is 5.11 Å². The maximum absolute atomic E-state index is 8.92. The van der Waals surface area contributed by atoms with Crippen molar-refractivity contribution in [3.8, 4) is 0 Å². The van der Waals surface area contributed by atoms with E-state index in [0.717, 1.165) is 25.0 Å². The first kappa shape index (κ1) is 11.0. The molecule has 1 aliphatic carbocycles. The van der Waals surface area contributed by atoms with Gasteiger partial charge in [0, 0.05) is 12.6 Å². The Kier molecular flexibility index (Phi) is 4.74. The van der Waals surface area contributed by atoms with E-state index >= 15 is 0 Å². The first-order valence-corrected chi connectivity index (χ1v) is 5.62. The number of aliphatic hydroxyl groups is 1. The minimum Gasteiger partial charge on any atom is -0.395 e. The van der Waals surface area contributed by atoms with Gasteiger partial charge in [0.2, 0.25) is 0 Å². The predicted molar refractivity (Wildman–Crippen MR) is 55.8 cm³/mol. The maximum atomic E-state index is 8.92. The van der Waals surface area contributed by atoms with Crippen LogP contribution >= 0.6 is 0 Å². The van der Waals surface area contributed by atoms with Gasteiger partial charge in [-0.05, 0) is 25.3 Å². The Labute approximate surface area is 81.9 Å². The summed E-state index contributed by atoms with van der Waals surface area (Å²) in [6.07, 6.45) is 5.42. The van der Waals surface area contributed by atoms with Crippen LogP contribution in [-0.2, 0) is 0 Å². The lowest BCUT2D eigenvalue weighted by Gasteiger charge is -2.35. The van der Waals surface area contributed by atoms with Crippen LogP contribution in [0, 0.1) is 5.92 Å². The van der Waals surface area contributed by atoms with Gasteiger partial charge in [-0.25, -0.2) is 0 Å². The largest absolute Gasteiger partial charge is 0.395 e. The molecule has 13 heavy (non-hydrogen) atoms. The molecule has 0 aromatic carbocycles. The first-order chi connectivity index (χ1) is 6.27. The minimum atomic E-state index is 0.304. The van der Waals surface area contributed by atoms with Gasteiger partial charge < -0.3 is 5.11 Å². The zero-order chi connectivity index (χ0) is 9.68. The van der Waals surface area contributed by atoms with Gasteiger partial charge >= 0.3 is 0 Å². The van der Waals surface area contributed by atoms with Gasteiger partial charge in [0.1, 0.15) is 0 Å². The van der Waals surface area contributed by atoms with E-state index in [-0.39, 0.29) is 0 Å². The molecule has 1 saturated carbocycles. The third-order valence-electron chi connectivity index (χ3n) is 3.22. The normalized spacial score (nSPS) is 29.5. The van der Waals surface area contributed by atoms with E-state index in [1.54, 1.807) is 0 Å². The third kappa shape index (κ3) is 3.28. The summed E-state index contributed by atoms with van der Waals surface area (Å²) in [6, 6.07) is 0.737. The number of aliphatic hydroxyl groups excluding tert-OH is 1. The van der Waals surface area contributed by atoms with E-state index in [1.807, 2.05) is 0 Å². The summed E-state index contributed by atoms with van der Waals surface area (Å²) in [5.74, 6) is 0.881. The quantitative estimate of drug-likeness (QED) is 0.723. The summed E-state index contributed by atoms with van der Waals surface area (Å²) in [5.41, 5.74) is 0. The molecule has 2 atom stereocenters. The van der Waals surface area contributed by atoms with Gasteiger partial charge in [-0.3, -0.25) is 4.90 Å². The molecule has 0 aliphatic heterocycles. The molecule has 2 unspecified atom stereocenters. The topological polar surface area (TPSA) is 23.5 Å². The fourth-order valence-corrected chi connectivity index (χ4v) is 2.46. The van der Waals surface area contributed by atoms with Crippen LogP contribution in [0.25, 0.3) is 0 Å². The molecule has 1 rings (SSSR count). The molecular formula is C11H23NO. The van der Waals surface area contributed by atoms with Crippen molar-refractivity contribution in [2.75, 3.05) is 19.7 Å². The van der Waals surface area contributed by atoms with Gasteiger partial charge in [0.05, 0.1) is 6.61 Å². The Morgan fingerprint density at radius 2 is 2.15 bits per heavy atom. The van der Waals surface area contributed by atoms with Gasteiger partial charge in [-0.2, -0.15) is 0 Å². The van der Waals surface area contributed by atoms with E-state index in [9.17, 15) is 0 Å². The molecule has 0 bridgehead atoms. The number of likely N-dealkylation sites (N-methyl/N-ethyl adjacent to an activating group) is 1. The second kappa shape index (κ2) is 5.61. The highest BCUT2D eigenvalue weighted by atomic mass is 16.3. The van der Waals surface area contributed by atoms with Crippen LogP contribution in [-0.4, -0.2) is 35.7 Å². The Hall–Kier alpha value is -0.0800. The molecule has 2 heteroatoms. The van der Waals surface area contributed by atoms with Crippen molar-refractivity contribution >= 4 is 0 Å². The van der Waals surface area contributed by atoms with Crippen LogP contribution in [0.4, 0.5) is 0 Å². The lowest BCUT2D eigenvalue weighted by atomic mass is 9.86. The van der Waals surface area contributed by atoms with Gasteiger partial charge in [-0.1, -0.05) is 26.7 Å². The van der Waals surface area contributed by atoms with Crippen molar-refractivity contribution in [2.24, 2.45) is 5.92 Å². The molecule has 0 heterocycles. The highest BCUT2D eigenvalue weighted by Gasteiger charge is 2.22. The molecule has 1 fully saturated rings. The Balaban J connectivity index is 2.37. The van der Waals surface area contributed by atoms with Crippen molar-refractivity contribution in [3.05, 3.63) is 0 Å². The van der Waals surface area contributed by atoms with E-state index < -0.39 is 0 Å². The lowest BCUT2D eigenvalue weighted by Crippen LogP contribution is -2.40. The standard InChI is InChI=1S/C11H23NO/c1-3-12(7-8-13)11-6-4-5-10(2)9-11/h10-11,13H,3-9H2,1-2H3. The summed E-state index contributed by atoms with van der Waals surface area (Å²) in [4.78, 5) is 2.43. The highest BCUT2D eigenvalue weighted by molar-refractivity contribution is 4.78. The monoisotopic (exact) mass is 185 g/mol. The van der Waals surface area contributed by atoms with Crippen molar-refractivity contribution < 1.29 is 5.11 Å². The van der Waals surface area contributed by atoms with Crippen molar-refractivity contribution in [1.82, 2.24) is 4.90 Å². The molecule has 0 amide bonds. The van der Waals surface area contributed by atoms with Gasteiger partial charge in [0.25, 0.3) is 0 Å². The van der Waals surface area contributed by atoms with Crippen molar-refractivity contribution in [1.29, 1.82) is 0 Å². The van der Waals surface area contributed by atoms with Crippen LogP contribution in [0.1, 0.15) is 39.5 Å². The molecule has 78 valence electrons. The molecular weight excluding hydrogens is 162 g/mol. The SMILES string of the molecule is CCN(CCO)C1CCCC(C)C1. The van der Waals surface area contributed by atoms with E-state index in [1.165, 1.54) is 25.7 Å². The Morgan fingerprint density at radius 1 is 1.38 bits per heavy atom. The highest BCUT2D eigenvalue weighted by Crippen LogP contribution is 2.26. The predicted octanol–water partition coefficient (Wildman–Crippen LogP) is 1.88. The molecule has 2 nitrogen and oxygen atoms in total. The third-order valence-corrected chi connectivity index (χ3v) is 3.22. The van der Waals surface area contributed by atoms with E-state index in [0.29, 0.717) is 6.61 Å². The van der Waals surface area contributed by atoms with Gasteiger partial charge in [0.15, 0.2) is 0 Å². The second-order valence-electron chi connectivity index (χ2n) is 4.28. The lowest BCUT2D eigenvalue weighted by molar-refractivity contribution is 0.114. The van der Waals surface area contributed by atoms with Crippen molar-refractivity contribution in [3.63, 3.8) is 0 Å². The van der Waals surface area contributed by atoms with Crippen LogP contribution in [0.15, 0.2) is 0 Å². The number of nitrogens with zero attached hydrogens (tertiary/aromatic N) is 1. The fraction of sp³-hybridized carbons (Fsp3) is 1.00. The van der Waals surface area contributed by atoms with Crippen LogP contribution in [0.5, 0.6) is 0 Å². The summed E-state index contributed by atoms with van der Waals surface area (Å²) < 4.78 is 0. The molecule has 1 aliphatic rings. The second-order valence-corrected chi connectivity index (χ2v) is 4.28. The number of rotatable bonds is 4. The smallest absolute Gasteiger partial charge is 0.0558 e. The average Bonchev–Trinajstić information content (AvgIpc) is 2.14. The zero-order valence-corrected chi connectivity index (χ0v) is 9.00. The summed E-state index contributed by atoms with van der Waals surface area (Å²) in [5, 5.41) is 8.92. The van der Waals surface area contributed by atoms with Gasteiger partial charge in [-0.15, -0.1) is 0 Å². The Bertz CT molecular complexity index is 138. The van der Waals surface area contributed by atoms with Crippen LogP contribution in [0.3, 0.4) is 0 Å². The maximum Gasteiger partial charge on any atom is 0.0558 e. The first-order valence-electron chi connectivity index (χ1n) is 5.62. The summed E-state index contributed by atoms with van der Waals surface area (Å²) >= 11 is 0. The summed E-state index contributed by atoms with van der Waals surface area (Å²) in [7, 11) is 0. The minimum absolute atomic E-state index is 0.304. The zero-order valence-electron chi connectivity index (χ0n) is 9.00. The summed E-state index contributed by atoms with van der Waals surface area (Å²) in [6.45, 7) is 6.78. The Morgan fingerprint density at radius 3 is 2.69 bits per heavy atom. The molecule has 0 saturated heterocycles. The fourth-order valence-electron chi connectivity index (χ4n) is 2.46. The molecule has 0 spiro atoms. The average molecular weight is 185 g/mol. The van der Waals surface area contributed by atoms with Crippen LogP contribution < -0.4 is 0 Å². The van der Waals surface area contributed by atoms with Crippen LogP contribution in [0.2, 0.25) is 0 Å². The van der Waals surface area contributed by atoms with Crippen molar-refractivity contribution in [2.45, 2.75) is 45.6 Å². The molecule has 0 aromatic rings. The molecule has 1 N–H and O–H groups in total. The molecule has 0 aromatic heterocycles. The number of hydrogen-bond acceptors (Lipinski definition) is 2. The van der Waals surface area contributed by atoms with E-state index in [2.05, 4.69) is 18.7 Å².